The summed E-state index contributed by atoms with van der Waals surface area (Å²) >= 11 is 0. The number of aromatic nitrogens is 2. The largest absolute Gasteiger partial charge is 0.357 e. The standard InChI is InChI=1S/C21H22N4O/c26-21(14-16-6-7-17-5-4-9-22-19(17)13-16)24-18-8-10-23-20(15-18)25-11-2-1-3-12-25/h4-10,13,15H,1-3,11-12,14H2,(H,23,24,26). The fraction of sp³-hybridized carbons (Fsp3) is 0.286. The van der Waals surface area contributed by atoms with Gasteiger partial charge in [-0.05, 0) is 43.0 Å². The molecule has 1 aliphatic rings. The van der Waals surface area contributed by atoms with E-state index in [1.807, 2.05) is 42.5 Å². The molecule has 0 saturated carbocycles. The summed E-state index contributed by atoms with van der Waals surface area (Å²) in [7, 11) is 0. The van der Waals surface area contributed by atoms with Crippen LogP contribution in [0.5, 0.6) is 0 Å². The molecule has 0 bridgehead atoms. The van der Waals surface area contributed by atoms with Gasteiger partial charge in [-0.2, -0.15) is 0 Å². The molecule has 132 valence electrons. The molecular weight excluding hydrogens is 324 g/mol. The van der Waals surface area contributed by atoms with E-state index in [0.29, 0.717) is 6.42 Å². The molecule has 0 radical (unpaired) electrons. The van der Waals surface area contributed by atoms with Crippen molar-refractivity contribution in [2.24, 2.45) is 0 Å². The number of carbonyl (C=O) groups excluding carboxylic acids is 1. The number of piperidine rings is 1. The first-order valence-corrected chi connectivity index (χ1v) is 9.12. The zero-order valence-electron chi connectivity index (χ0n) is 14.7. The van der Waals surface area contributed by atoms with Crippen LogP contribution < -0.4 is 10.2 Å². The zero-order chi connectivity index (χ0) is 17.8. The number of fused-ring (bicyclic) bond motifs is 1. The highest BCUT2D eigenvalue weighted by atomic mass is 16.1. The molecule has 0 aliphatic carbocycles. The van der Waals surface area contributed by atoms with Crippen LogP contribution in [0.2, 0.25) is 0 Å². The Morgan fingerprint density at radius 2 is 1.88 bits per heavy atom. The molecule has 1 amide bonds. The van der Waals surface area contributed by atoms with Crippen LogP contribution in [0.15, 0.2) is 54.9 Å². The minimum Gasteiger partial charge on any atom is -0.357 e. The molecule has 0 atom stereocenters. The average Bonchev–Trinajstić information content (AvgIpc) is 2.69. The van der Waals surface area contributed by atoms with Gasteiger partial charge in [0, 0.05) is 42.6 Å². The van der Waals surface area contributed by atoms with Gasteiger partial charge in [-0.25, -0.2) is 4.98 Å². The molecule has 3 aromatic rings. The lowest BCUT2D eigenvalue weighted by atomic mass is 10.1. The van der Waals surface area contributed by atoms with E-state index in [4.69, 9.17) is 0 Å². The number of hydrogen-bond donors (Lipinski definition) is 1. The Labute approximate surface area is 153 Å². The third-order valence-electron chi connectivity index (χ3n) is 4.74. The van der Waals surface area contributed by atoms with E-state index >= 15 is 0 Å². The summed E-state index contributed by atoms with van der Waals surface area (Å²) in [6, 6.07) is 13.7. The fourth-order valence-electron chi connectivity index (χ4n) is 3.40. The Morgan fingerprint density at radius 3 is 2.77 bits per heavy atom. The Bertz CT molecular complexity index is 919. The normalized spacial score (nSPS) is 14.4. The van der Waals surface area contributed by atoms with Crippen LogP contribution in [-0.4, -0.2) is 29.0 Å². The van der Waals surface area contributed by atoms with Gasteiger partial charge >= 0.3 is 0 Å². The van der Waals surface area contributed by atoms with Crippen LogP contribution in [0.4, 0.5) is 11.5 Å². The Kier molecular flexibility index (Phi) is 4.78. The number of rotatable bonds is 4. The molecule has 1 saturated heterocycles. The predicted octanol–water partition coefficient (Wildman–Crippen LogP) is 3.80. The smallest absolute Gasteiger partial charge is 0.228 e. The number of anilines is 2. The second-order valence-corrected chi connectivity index (χ2v) is 6.71. The number of carbonyl (C=O) groups is 1. The van der Waals surface area contributed by atoms with Crippen molar-refractivity contribution in [3.05, 3.63) is 60.4 Å². The highest BCUT2D eigenvalue weighted by molar-refractivity contribution is 5.93. The van der Waals surface area contributed by atoms with Crippen molar-refractivity contribution in [1.82, 2.24) is 9.97 Å². The molecule has 1 aromatic carbocycles. The predicted molar refractivity (Wildman–Crippen MR) is 104 cm³/mol. The molecule has 4 rings (SSSR count). The lowest BCUT2D eigenvalue weighted by Crippen LogP contribution is -2.30. The lowest BCUT2D eigenvalue weighted by Gasteiger charge is -2.27. The Morgan fingerprint density at radius 1 is 1.00 bits per heavy atom. The van der Waals surface area contributed by atoms with E-state index in [2.05, 4.69) is 20.2 Å². The molecule has 26 heavy (non-hydrogen) atoms. The Hall–Kier alpha value is -2.95. The quantitative estimate of drug-likeness (QED) is 0.781. The topological polar surface area (TPSA) is 58.1 Å². The van der Waals surface area contributed by atoms with Crippen LogP contribution in [0, 0.1) is 0 Å². The van der Waals surface area contributed by atoms with Crippen molar-refractivity contribution in [3.8, 4) is 0 Å². The first kappa shape index (κ1) is 16.5. The maximum Gasteiger partial charge on any atom is 0.228 e. The molecule has 0 spiro atoms. The van der Waals surface area contributed by atoms with Crippen molar-refractivity contribution >= 4 is 28.3 Å². The van der Waals surface area contributed by atoms with Crippen molar-refractivity contribution in [3.63, 3.8) is 0 Å². The summed E-state index contributed by atoms with van der Waals surface area (Å²) in [4.78, 5) is 23.5. The van der Waals surface area contributed by atoms with E-state index < -0.39 is 0 Å². The van der Waals surface area contributed by atoms with Gasteiger partial charge in [0.25, 0.3) is 0 Å². The summed E-state index contributed by atoms with van der Waals surface area (Å²) in [6.07, 6.45) is 7.55. The number of amides is 1. The fourth-order valence-corrected chi connectivity index (χ4v) is 3.40. The van der Waals surface area contributed by atoms with Gasteiger partial charge in [0.1, 0.15) is 5.82 Å². The van der Waals surface area contributed by atoms with Crippen LogP contribution in [0.1, 0.15) is 24.8 Å². The maximum absolute atomic E-state index is 12.4. The van der Waals surface area contributed by atoms with Crippen LogP contribution in [-0.2, 0) is 11.2 Å². The van der Waals surface area contributed by atoms with Crippen LogP contribution in [0.25, 0.3) is 10.9 Å². The monoisotopic (exact) mass is 346 g/mol. The summed E-state index contributed by atoms with van der Waals surface area (Å²) in [5.41, 5.74) is 2.66. The van der Waals surface area contributed by atoms with Gasteiger partial charge in [-0.3, -0.25) is 9.78 Å². The van der Waals surface area contributed by atoms with Crippen molar-refractivity contribution in [2.75, 3.05) is 23.3 Å². The number of pyridine rings is 2. The number of nitrogens with zero attached hydrogens (tertiary/aromatic N) is 3. The van der Waals surface area contributed by atoms with E-state index in [1.165, 1.54) is 19.3 Å². The molecule has 0 unspecified atom stereocenters. The Balaban J connectivity index is 1.43. The molecule has 1 aliphatic heterocycles. The molecular formula is C21H22N4O. The number of benzene rings is 1. The van der Waals surface area contributed by atoms with Crippen LogP contribution in [0.3, 0.4) is 0 Å². The summed E-state index contributed by atoms with van der Waals surface area (Å²) in [5.74, 6) is 0.911. The van der Waals surface area contributed by atoms with Crippen molar-refractivity contribution < 1.29 is 4.79 Å². The van der Waals surface area contributed by atoms with Crippen molar-refractivity contribution in [1.29, 1.82) is 0 Å². The second-order valence-electron chi connectivity index (χ2n) is 6.71. The summed E-state index contributed by atoms with van der Waals surface area (Å²) in [6.45, 7) is 2.07. The van der Waals surface area contributed by atoms with Crippen molar-refractivity contribution in [2.45, 2.75) is 25.7 Å². The van der Waals surface area contributed by atoms with E-state index in [9.17, 15) is 4.79 Å². The maximum atomic E-state index is 12.4. The average molecular weight is 346 g/mol. The number of nitrogens with one attached hydrogen (secondary N) is 1. The lowest BCUT2D eigenvalue weighted by molar-refractivity contribution is -0.115. The molecule has 5 heteroatoms. The number of hydrogen-bond acceptors (Lipinski definition) is 4. The first-order valence-electron chi connectivity index (χ1n) is 9.12. The van der Waals surface area contributed by atoms with E-state index in [1.54, 1.807) is 12.4 Å². The van der Waals surface area contributed by atoms with Gasteiger partial charge < -0.3 is 10.2 Å². The van der Waals surface area contributed by atoms with Gasteiger partial charge in [0.15, 0.2) is 0 Å². The molecule has 5 nitrogen and oxygen atoms in total. The third-order valence-corrected chi connectivity index (χ3v) is 4.74. The van der Waals surface area contributed by atoms with Gasteiger partial charge in [0.05, 0.1) is 11.9 Å². The molecule has 2 aromatic heterocycles. The van der Waals surface area contributed by atoms with E-state index in [0.717, 1.165) is 41.1 Å². The van der Waals surface area contributed by atoms with E-state index in [-0.39, 0.29) is 5.91 Å². The van der Waals surface area contributed by atoms with Gasteiger partial charge in [-0.1, -0.05) is 18.2 Å². The minimum absolute atomic E-state index is 0.0314. The highest BCUT2D eigenvalue weighted by Crippen LogP contribution is 2.21. The summed E-state index contributed by atoms with van der Waals surface area (Å²) in [5, 5.41) is 4.07. The minimum atomic E-state index is -0.0314. The zero-order valence-corrected chi connectivity index (χ0v) is 14.7. The first-order chi connectivity index (χ1) is 12.8. The highest BCUT2D eigenvalue weighted by Gasteiger charge is 2.13. The van der Waals surface area contributed by atoms with Crippen LogP contribution >= 0.6 is 0 Å². The van der Waals surface area contributed by atoms with Gasteiger partial charge in [-0.15, -0.1) is 0 Å². The van der Waals surface area contributed by atoms with Gasteiger partial charge in [0.2, 0.25) is 5.91 Å². The molecule has 1 fully saturated rings. The SMILES string of the molecule is O=C(Cc1ccc2cccnc2c1)Nc1ccnc(N2CCCCC2)c1. The third kappa shape index (κ3) is 3.82. The molecule has 1 N–H and O–H groups in total. The molecule has 3 heterocycles. The second kappa shape index (κ2) is 7.52. The summed E-state index contributed by atoms with van der Waals surface area (Å²) < 4.78 is 0.